The van der Waals surface area contributed by atoms with Gasteiger partial charge in [-0.15, -0.1) is 0 Å². The van der Waals surface area contributed by atoms with Gasteiger partial charge in [-0.1, -0.05) is 23.7 Å². The van der Waals surface area contributed by atoms with E-state index in [4.69, 9.17) is 23.2 Å². The Hall–Kier alpha value is -2.24. The molecule has 1 heterocycles. The van der Waals surface area contributed by atoms with Gasteiger partial charge in [0.2, 0.25) is 0 Å². The zero-order valence-electron chi connectivity index (χ0n) is 10.3. The van der Waals surface area contributed by atoms with Crippen molar-refractivity contribution in [3.05, 3.63) is 57.1 Å². The molecule has 0 amide bonds. The van der Waals surface area contributed by atoms with Crippen molar-refractivity contribution in [3.63, 3.8) is 0 Å². The molecular formula is C14H6Cl2N2O3. The number of hydrogen-bond donors (Lipinski definition) is 0. The van der Waals surface area contributed by atoms with Crippen LogP contribution in [0.3, 0.4) is 0 Å². The van der Waals surface area contributed by atoms with E-state index in [0.29, 0.717) is 26.8 Å². The summed E-state index contributed by atoms with van der Waals surface area (Å²) in [4.78, 5) is 26.1. The Morgan fingerprint density at radius 3 is 2.62 bits per heavy atom. The molecule has 0 radical (unpaired) electrons. The first kappa shape index (κ1) is 13.7. The maximum absolute atomic E-state index is 11.4. The molecule has 0 unspecified atom stereocenters. The summed E-state index contributed by atoms with van der Waals surface area (Å²) in [6.07, 6.45) is 0. The maximum atomic E-state index is 11.4. The molecule has 3 rings (SSSR count). The molecule has 5 nitrogen and oxygen atoms in total. The number of rotatable bonds is 2. The highest BCUT2D eigenvalue weighted by Gasteiger charge is 2.15. The van der Waals surface area contributed by atoms with Crippen molar-refractivity contribution >= 4 is 55.9 Å². The molecule has 0 saturated heterocycles. The van der Waals surface area contributed by atoms with Gasteiger partial charge in [0.05, 0.1) is 26.5 Å². The van der Waals surface area contributed by atoms with Gasteiger partial charge in [-0.3, -0.25) is 14.9 Å². The van der Waals surface area contributed by atoms with Crippen molar-refractivity contribution in [3.8, 4) is 0 Å². The minimum absolute atomic E-state index is 0.0740. The number of nitrogens with zero attached hydrogens (tertiary/aromatic N) is 2. The summed E-state index contributed by atoms with van der Waals surface area (Å²) in [5.41, 5.74) is 1.01. The monoisotopic (exact) mass is 320 g/mol. The number of pyridine rings is 1. The van der Waals surface area contributed by atoms with Crippen LogP contribution in [0.1, 0.15) is 10.4 Å². The second-order valence-electron chi connectivity index (χ2n) is 4.36. The van der Waals surface area contributed by atoms with Crippen LogP contribution in [0.2, 0.25) is 5.02 Å². The standard InChI is InChI=1S/C14H6Cl2N2O3/c15-12-8-2-1-3-9(14(16)19)13(8)17-11-5-4-7(18(20)21)6-10(11)12/h1-6H. The molecule has 0 aliphatic carbocycles. The zero-order chi connectivity index (χ0) is 15.1. The first-order valence-electron chi connectivity index (χ1n) is 5.85. The number of para-hydroxylation sites is 1. The number of non-ortho nitro benzene ring substituents is 1. The van der Waals surface area contributed by atoms with Gasteiger partial charge in [0.1, 0.15) is 0 Å². The zero-order valence-corrected chi connectivity index (χ0v) is 11.9. The lowest BCUT2D eigenvalue weighted by molar-refractivity contribution is -0.384. The Kier molecular flexibility index (Phi) is 3.23. The van der Waals surface area contributed by atoms with Crippen molar-refractivity contribution in [2.24, 2.45) is 0 Å². The number of aromatic nitrogens is 1. The molecule has 3 aromatic rings. The SMILES string of the molecule is O=C(Cl)c1cccc2c(Cl)c3cc([N+](=O)[O-])ccc3nc12. The van der Waals surface area contributed by atoms with E-state index < -0.39 is 10.2 Å². The summed E-state index contributed by atoms with van der Waals surface area (Å²) in [6, 6.07) is 9.06. The van der Waals surface area contributed by atoms with E-state index in [2.05, 4.69) is 4.98 Å². The average Bonchev–Trinajstić information content (AvgIpc) is 2.46. The summed E-state index contributed by atoms with van der Waals surface area (Å²) >= 11 is 11.9. The van der Waals surface area contributed by atoms with Crippen LogP contribution in [-0.4, -0.2) is 15.1 Å². The van der Waals surface area contributed by atoms with E-state index in [1.165, 1.54) is 18.2 Å². The van der Waals surface area contributed by atoms with Crippen LogP contribution in [0.15, 0.2) is 36.4 Å². The van der Waals surface area contributed by atoms with Crippen LogP contribution in [0.5, 0.6) is 0 Å². The Morgan fingerprint density at radius 1 is 1.19 bits per heavy atom. The minimum Gasteiger partial charge on any atom is -0.276 e. The highest BCUT2D eigenvalue weighted by Crippen LogP contribution is 2.33. The van der Waals surface area contributed by atoms with Crippen molar-refractivity contribution in [2.75, 3.05) is 0 Å². The summed E-state index contributed by atoms with van der Waals surface area (Å²) in [5.74, 6) is 0. The van der Waals surface area contributed by atoms with Gasteiger partial charge in [0, 0.05) is 22.9 Å². The van der Waals surface area contributed by atoms with Crippen LogP contribution < -0.4 is 0 Å². The maximum Gasteiger partial charge on any atom is 0.270 e. The van der Waals surface area contributed by atoms with Gasteiger partial charge in [-0.05, 0) is 23.7 Å². The van der Waals surface area contributed by atoms with Crippen molar-refractivity contribution in [1.29, 1.82) is 0 Å². The third kappa shape index (κ3) is 2.20. The molecule has 0 atom stereocenters. The van der Waals surface area contributed by atoms with E-state index in [1.807, 2.05) is 0 Å². The van der Waals surface area contributed by atoms with E-state index in [1.54, 1.807) is 18.2 Å². The molecule has 7 heteroatoms. The predicted octanol–water partition coefficient (Wildman–Crippen LogP) is 4.33. The lowest BCUT2D eigenvalue weighted by Gasteiger charge is -2.07. The summed E-state index contributed by atoms with van der Waals surface area (Å²) in [6.45, 7) is 0. The van der Waals surface area contributed by atoms with E-state index >= 15 is 0 Å². The molecule has 0 saturated carbocycles. The van der Waals surface area contributed by atoms with E-state index in [-0.39, 0.29) is 11.3 Å². The van der Waals surface area contributed by atoms with Crippen LogP contribution in [-0.2, 0) is 0 Å². The molecule has 0 N–H and O–H groups in total. The van der Waals surface area contributed by atoms with Crippen LogP contribution in [0, 0.1) is 10.1 Å². The number of carbonyl (C=O) groups is 1. The number of hydrogen-bond acceptors (Lipinski definition) is 4. The Labute approximate surface area is 128 Å². The summed E-state index contributed by atoms with van der Waals surface area (Å²) in [5, 5.41) is 11.5. The predicted molar refractivity (Wildman–Crippen MR) is 81.1 cm³/mol. The fourth-order valence-corrected chi connectivity index (χ4v) is 2.63. The minimum atomic E-state index is -0.634. The van der Waals surface area contributed by atoms with Gasteiger partial charge >= 0.3 is 0 Å². The third-order valence-electron chi connectivity index (χ3n) is 3.14. The molecule has 104 valence electrons. The molecule has 0 bridgehead atoms. The van der Waals surface area contributed by atoms with Crippen LogP contribution in [0.4, 0.5) is 5.69 Å². The third-order valence-corrected chi connectivity index (χ3v) is 3.75. The van der Waals surface area contributed by atoms with Crippen LogP contribution in [0.25, 0.3) is 21.8 Å². The molecule has 21 heavy (non-hydrogen) atoms. The number of benzene rings is 2. The number of nitro benzene ring substituents is 1. The Balaban J connectivity index is 2.46. The lowest BCUT2D eigenvalue weighted by atomic mass is 10.1. The quantitative estimate of drug-likeness (QED) is 0.305. The molecule has 0 aliphatic heterocycles. The second kappa shape index (κ2) is 4.95. The summed E-state index contributed by atoms with van der Waals surface area (Å²) in [7, 11) is 0. The van der Waals surface area contributed by atoms with E-state index in [9.17, 15) is 14.9 Å². The highest BCUT2D eigenvalue weighted by molar-refractivity contribution is 6.68. The Bertz CT molecular complexity index is 921. The topological polar surface area (TPSA) is 73.1 Å². The molecule has 2 aromatic carbocycles. The van der Waals surface area contributed by atoms with Gasteiger partial charge in [-0.25, -0.2) is 4.98 Å². The Morgan fingerprint density at radius 2 is 1.95 bits per heavy atom. The van der Waals surface area contributed by atoms with E-state index in [0.717, 1.165) is 0 Å². The van der Waals surface area contributed by atoms with Crippen molar-refractivity contribution in [2.45, 2.75) is 0 Å². The molecule has 1 aromatic heterocycles. The van der Waals surface area contributed by atoms with Gasteiger partial charge in [0.25, 0.3) is 10.9 Å². The number of halogens is 2. The van der Waals surface area contributed by atoms with Crippen molar-refractivity contribution in [1.82, 2.24) is 4.98 Å². The van der Waals surface area contributed by atoms with Gasteiger partial charge in [0.15, 0.2) is 0 Å². The molecule has 0 spiro atoms. The largest absolute Gasteiger partial charge is 0.276 e. The fourth-order valence-electron chi connectivity index (χ4n) is 2.18. The van der Waals surface area contributed by atoms with Gasteiger partial charge < -0.3 is 0 Å². The molecular weight excluding hydrogens is 315 g/mol. The first-order chi connectivity index (χ1) is 9.99. The van der Waals surface area contributed by atoms with Gasteiger partial charge in [-0.2, -0.15) is 0 Å². The smallest absolute Gasteiger partial charge is 0.270 e. The van der Waals surface area contributed by atoms with Crippen LogP contribution >= 0.6 is 23.2 Å². The molecule has 0 fully saturated rings. The highest BCUT2D eigenvalue weighted by atomic mass is 35.5. The molecule has 0 aliphatic rings. The number of fused-ring (bicyclic) bond motifs is 2. The van der Waals surface area contributed by atoms with Crippen molar-refractivity contribution < 1.29 is 9.72 Å². The lowest BCUT2D eigenvalue weighted by Crippen LogP contribution is -1.95. The number of nitro groups is 1. The summed E-state index contributed by atoms with van der Waals surface area (Å²) < 4.78 is 0. The number of carbonyl (C=O) groups excluding carboxylic acids is 1. The normalized spacial score (nSPS) is 11.0. The first-order valence-corrected chi connectivity index (χ1v) is 6.61. The fraction of sp³-hybridized carbons (Fsp3) is 0. The average molecular weight is 321 g/mol. The second-order valence-corrected chi connectivity index (χ2v) is 5.08.